The Hall–Kier alpha value is -2.67. The first-order valence-electron chi connectivity index (χ1n) is 7.01. The minimum absolute atomic E-state index is 0.00711. The maximum Gasteiger partial charge on any atom is 0.336 e. The van der Waals surface area contributed by atoms with E-state index in [9.17, 15) is 18.8 Å². The lowest BCUT2D eigenvalue weighted by molar-refractivity contribution is 0.491. The van der Waals surface area contributed by atoms with Crippen LogP contribution in [-0.2, 0) is 19.6 Å². The van der Waals surface area contributed by atoms with E-state index in [2.05, 4.69) is 13.2 Å². The molecular formula is C16H15ClFN3O3. The van der Waals surface area contributed by atoms with Gasteiger partial charge in [0.15, 0.2) is 0 Å². The van der Waals surface area contributed by atoms with Crippen LogP contribution in [0.5, 0.6) is 0 Å². The van der Waals surface area contributed by atoms with E-state index in [0.29, 0.717) is 0 Å². The highest BCUT2D eigenvalue weighted by Gasteiger charge is 2.17. The molecule has 0 unspecified atom stereocenters. The van der Waals surface area contributed by atoms with Crippen LogP contribution < -0.4 is 17.1 Å². The Morgan fingerprint density at radius 3 is 1.92 bits per heavy atom. The molecule has 0 bridgehead atoms. The van der Waals surface area contributed by atoms with E-state index in [1.165, 1.54) is 30.4 Å². The quantitative estimate of drug-likeness (QED) is 0.739. The van der Waals surface area contributed by atoms with Crippen molar-refractivity contribution in [1.29, 1.82) is 0 Å². The lowest BCUT2D eigenvalue weighted by atomic mass is 10.2. The van der Waals surface area contributed by atoms with Crippen molar-refractivity contribution in [3.8, 4) is 0 Å². The second kappa shape index (κ2) is 7.27. The van der Waals surface area contributed by atoms with Crippen LogP contribution in [0, 0.1) is 5.82 Å². The summed E-state index contributed by atoms with van der Waals surface area (Å²) in [4.78, 5) is 37.2. The number of aromatic nitrogens is 3. The summed E-state index contributed by atoms with van der Waals surface area (Å²) in [5.41, 5.74) is -2.50. The fraction of sp³-hybridized carbons (Fsp3) is 0.188. The Kier molecular flexibility index (Phi) is 5.35. The molecule has 0 saturated heterocycles. The molecule has 2 rings (SSSR count). The highest BCUT2D eigenvalue weighted by Crippen LogP contribution is 2.18. The molecule has 1 aromatic heterocycles. The molecule has 0 radical (unpaired) electrons. The van der Waals surface area contributed by atoms with E-state index < -0.39 is 29.4 Å². The van der Waals surface area contributed by atoms with Crippen LogP contribution in [0.1, 0.15) is 5.56 Å². The lowest BCUT2D eigenvalue weighted by Crippen LogP contribution is -2.54. The molecule has 0 N–H and O–H groups in total. The molecule has 0 spiro atoms. The average molecular weight is 352 g/mol. The summed E-state index contributed by atoms with van der Waals surface area (Å²) < 4.78 is 16.4. The number of halogens is 2. The maximum absolute atomic E-state index is 14.0. The van der Waals surface area contributed by atoms with Gasteiger partial charge in [0.05, 0.1) is 19.6 Å². The van der Waals surface area contributed by atoms with Crippen LogP contribution in [0.25, 0.3) is 0 Å². The van der Waals surface area contributed by atoms with Crippen LogP contribution in [-0.4, -0.2) is 13.7 Å². The summed E-state index contributed by atoms with van der Waals surface area (Å²) in [6, 6.07) is 4.04. The molecule has 0 aliphatic heterocycles. The molecule has 0 aliphatic carbocycles. The smallest absolute Gasteiger partial charge is 0.247 e. The molecule has 24 heavy (non-hydrogen) atoms. The van der Waals surface area contributed by atoms with Crippen molar-refractivity contribution in [2.45, 2.75) is 19.6 Å². The molecule has 8 heteroatoms. The first-order valence-corrected chi connectivity index (χ1v) is 7.39. The molecule has 1 heterocycles. The number of nitrogens with zero attached hydrogens (tertiary/aromatic N) is 3. The second-order valence-electron chi connectivity index (χ2n) is 4.93. The van der Waals surface area contributed by atoms with Crippen molar-refractivity contribution in [1.82, 2.24) is 13.7 Å². The van der Waals surface area contributed by atoms with Crippen LogP contribution in [0.4, 0.5) is 4.39 Å². The van der Waals surface area contributed by atoms with E-state index >= 15 is 0 Å². The van der Waals surface area contributed by atoms with E-state index in [4.69, 9.17) is 11.6 Å². The molecule has 126 valence electrons. The van der Waals surface area contributed by atoms with Gasteiger partial charge in [0.25, 0.3) is 0 Å². The number of hydrogen-bond donors (Lipinski definition) is 0. The third-order valence-corrected chi connectivity index (χ3v) is 3.74. The summed E-state index contributed by atoms with van der Waals surface area (Å²) in [7, 11) is 0. The summed E-state index contributed by atoms with van der Waals surface area (Å²) in [5.74, 6) is -0.648. The van der Waals surface area contributed by atoms with Gasteiger partial charge in [0, 0.05) is 10.6 Å². The largest absolute Gasteiger partial charge is 0.336 e. The minimum atomic E-state index is -0.857. The average Bonchev–Trinajstić information content (AvgIpc) is 2.54. The van der Waals surface area contributed by atoms with Crippen LogP contribution in [0.15, 0.2) is 57.9 Å². The topological polar surface area (TPSA) is 66.0 Å². The Morgan fingerprint density at radius 2 is 1.46 bits per heavy atom. The molecule has 6 nitrogen and oxygen atoms in total. The van der Waals surface area contributed by atoms with E-state index in [-0.39, 0.29) is 23.7 Å². The molecule has 0 amide bonds. The van der Waals surface area contributed by atoms with Crippen molar-refractivity contribution in [3.63, 3.8) is 0 Å². The van der Waals surface area contributed by atoms with E-state index in [0.717, 1.165) is 13.7 Å². The molecule has 0 aliphatic rings. The predicted octanol–water partition coefficient (Wildman–Crippen LogP) is 1.38. The summed E-state index contributed by atoms with van der Waals surface area (Å²) >= 11 is 5.95. The first-order chi connectivity index (χ1) is 11.4. The molecular weight excluding hydrogens is 337 g/mol. The van der Waals surface area contributed by atoms with Crippen molar-refractivity contribution >= 4 is 11.6 Å². The van der Waals surface area contributed by atoms with Gasteiger partial charge in [-0.1, -0.05) is 29.8 Å². The van der Waals surface area contributed by atoms with Gasteiger partial charge in [-0.05, 0) is 12.1 Å². The predicted molar refractivity (Wildman–Crippen MR) is 90.1 cm³/mol. The highest BCUT2D eigenvalue weighted by atomic mass is 35.5. The Morgan fingerprint density at radius 1 is 0.958 bits per heavy atom. The third kappa shape index (κ3) is 3.16. The normalized spacial score (nSPS) is 10.6. The summed E-state index contributed by atoms with van der Waals surface area (Å²) in [6.07, 6.45) is 2.71. The van der Waals surface area contributed by atoms with Crippen molar-refractivity contribution in [2.75, 3.05) is 0 Å². The van der Waals surface area contributed by atoms with Crippen molar-refractivity contribution < 1.29 is 4.39 Å². The Balaban J connectivity index is 2.76. The van der Waals surface area contributed by atoms with Crippen molar-refractivity contribution in [2.24, 2.45) is 0 Å². The molecule has 2 aromatic rings. The van der Waals surface area contributed by atoms with Gasteiger partial charge in [-0.15, -0.1) is 13.2 Å². The minimum Gasteiger partial charge on any atom is -0.247 e. The molecule has 0 fully saturated rings. The summed E-state index contributed by atoms with van der Waals surface area (Å²) in [6.45, 7) is 6.41. The Labute approximate surface area is 141 Å². The van der Waals surface area contributed by atoms with Crippen LogP contribution >= 0.6 is 11.6 Å². The monoisotopic (exact) mass is 351 g/mol. The molecule has 0 saturated carbocycles. The van der Waals surface area contributed by atoms with Gasteiger partial charge < -0.3 is 0 Å². The Bertz CT molecular complexity index is 903. The van der Waals surface area contributed by atoms with Gasteiger partial charge in [-0.3, -0.25) is 0 Å². The zero-order valence-corrected chi connectivity index (χ0v) is 13.5. The zero-order chi connectivity index (χ0) is 17.9. The highest BCUT2D eigenvalue weighted by molar-refractivity contribution is 6.31. The maximum atomic E-state index is 14.0. The lowest BCUT2D eigenvalue weighted by Gasteiger charge is -2.13. The standard InChI is InChI=1S/C16H15ClFN3O3/c1-3-8-19-14(22)20(9-4-2)16(24)21(15(19)23)10-11-12(17)6-5-7-13(11)18/h3-7H,1-2,8-10H2. The van der Waals surface area contributed by atoms with Gasteiger partial charge in [-0.25, -0.2) is 32.5 Å². The van der Waals surface area contributed by atoms with Crippen molar-refractivity contribution in [3.05, 3.63) is 91.4 Å². The number of hydrogen-bond acceptors (Lipinski definition) is 3. The van der Waals surface area contributed by atoms with Gasteiger partial charge in [0.1, 0.15) is 5.82 Å². The van der Waals surface area contributed by atoms with Crippen LogP contribution in [0.3, 0.4) is 0 Å². The van der Waals surface area contributed by atoms with E-state index in [1.54, 1.807) is 0 Å². The fourth-order valence-corrected chi connectivity index (χ4v) is 2.45. The van der Waals surface area contributed by atoms with Gasteiger partial charge in [-0.2, -0.15) is 0 Å². The number of allylic oxidation sites excluding steroid dienone is 2. The zero-order valence-electron chi connectivity index (χ0n) is 12.7. The second-order valence-corrected chi connectivity index (χ2v) is 5.34. The SMILES string of the molecule is C=CCn1c(=O)n(CC=C)c(=O)n(Cc2c(F)cccc2Cl)c1=O. The number of benzene rings is 1. The van der Waals surface area contributed by atoms with Gasteiger partial charge in [0.2, 0.25) is 0 Å². The molecule has 0 atom stereocenters. The van der Waals surface area contributed by atoms with Crippen LogP contribution in [0.2, 0.25) is 5.02 Å². The van der Waals surface area contributed by atoms with Gasteiger partial charge >= 0.3 is 17.1 Å². The molecule has 1 aromatic carbocycles. The van der Waals surface area contributed by atoms with E-state index in [1.807, 2.05) is 0 Å². The number of rotatable bonds is 6. The first kappa shape index (κ1) is 17.7. The third-order valence-electron chi connectivity index (χ3n) is 3.39. The fourth-order valence-electron chi connectivity index (χ4n) is 2.23. The summed E-state index contributed by atoms with van der Waals surface area (Å²) in [5, 5.41) is 0.0815.